The Morgan fingerprint density at radius 3 is 2.89 bits per heavy atom. The molecule has 7 nitrogen and oxygen atoms in total. The van der Waals surface area contributed by atoms with E-state index in [0.717, 1.165) is 6.42 Å². The molecule has 0 saturated carbocycles. The van der Waals surface area contributed by atoms with E-state index in [9.17, 15) is 4.39 Å². The second-order valence-corrected chi connectivity index (χ2v) is 4.55. The maximum Gasteiger partial charge on any atom is 0.312 e. The molecule has 0 amide bonds. The Hall–Kier alpha value is -1.80. The van der Waals surface area contributed by atoms with Crippen LogP contribution in [0.4, 0.5) is 10.2 Å². The molecule has 1 aliphatic heterocycles. The SMILES string of the molecule is Cc1nc2c(N)nc(F)nc2n1[C@H]1CC[C@H](CO)O1. The highest BCUT2D eigenvalue weighted by Crippen LogP contribution is 2.32. The van der Waals surface area contributed by atoms with Crippen LogP contribution < -0.4 is 5.73 Å². The molecule has 2 atom stereocenters. The smallest absolute Gasteiger partial charge is 0.312 e. The largest absolute Gasteiger partial charge is 0.394 e. The van der Waals surface area contributed by atoms with Crippen LogP contribution >= 0.6 is 0 Å². The molecule has 1 aliphatic rings. The number of ether oxygens (including phenoxy) is 1. The van der Waals surface area contributed by atoms with Crippen molar-refractivity contribution >= 4 is 17.0 Å². The van der Waals surface area contributed by atoms with Crippen LogP contribution in [0.15, 0.2) is 0 Å². The highest BCUT2D eigenvalue weighted by Gasteiger charge is 2.29. The molecule has 0 unspecified atom stereocenters. The fourth-order valence-corrected chi connectivity index (χ4v) is 2.43. The lowest BCUT2D eigenvalue weighted by atomic mass is 10.2. The van der Waals surface area contributed by atoms with Crippen molar-refractivity contribution in [3.05, 3.63) is 11.9 Å². The minimum absolute atomic E-state index is 0.0149. The predicted octanol–water partition coefficient (Wildman–Crippen LogP) is 0.526. The number of nitrogen functional groups attached to an aromatic ring is 1. The Morgan fingerprint density at radius 1 is 1.42 bits per heavy atom. The van der Waals surface area contributed by atoms with Gasteiger partial charge < -0.3 is 15.6 Å². The number of anilines is 1. The van der Waals surface area contributed by atoms with Gasteiger partial charge in [-0.15, -0.1) is 0 Å². The number of aromatic nitrogens is 4. The number of fused-ring (bicyclic) bond motifs is 1. The van der Waals surface area contributed by atoms with E-state index in [1.165, 1.54) is 0 Å². The van der Waals surface area contributed by atoms with Crippen LogP contribution in [0.1, 0.15) is 24.9 Å². The molecule has 0 aliphatic carbocycles. The van der Waals surface area contributed by atoms with Crippen molar-refractivity contribution in [2.75, 3.05) is 12.3 Å². The monoisotopic (exact) mass is 267 g/mol. The number of aryl methyl sites for hydroxylation is 1. The van der Waals surface area contributed by atoms with Crippen LogP contribution in [-0.2, 0) is 4.74 Å². The lowest BCUT2D eigenvalue weighted by Gasteiger charge is -2.15. The molecular formula is C11H14FN5O2. The van der Waals surface area contributed by atoms with Gasteiger partial charge in [-0.1, -0.05) is 0 Å². The van der Waals surface area contributed by atoms with E-state index in [2.05, 4.69) is 15.0 Å². The molecule has 102 valence electrons. The summed E-state index contributed by atoms with van der Waals surface area (Å²) in [7, 11) is 0. The first-order valence-corrected chi connectivity index (χ1v) is 6.04. The molecule has 3 heterocycles. The lowest BCUT2D eigenvalue weighted by molar-refractivity contribution is -0.0215. The third kappa shape index (κ3) is 1.92. The zero-order valence-corrected chi connectivity index (χ0v) is 10.4. The summed E-state index contributed by atoms with van der Waals surface area (Å²) in [5.41, 5.74) is 6.34. The third-order valence-corrected chi connectivity index (χ3v) is 3.29. The predicted molar refractivity (Wildman–Crippen MR) is 64.7 cm³/mol. The Bertz CT molecular complexity index is 629. The molecule has 0 bridgehead atoms. The van der Waals surface area contributed by atoms with Crippen molar-refractivity contribution in [2.24, 2.45) is 0 Å². The van der Waals surface area contributed by atoms with Crippen LogP contribution in [-0.4, -0.2) is 37.3 Å². The molecule has 2 aromatic rings. The van der Waals surface area contributed by atoms with Gasteiger partial charge in [-0.05, 0) is 19.8 Å². The number of hydrogen-bond donors (Lipinski definition) is 2. The van der Waals surface area contributed by atoms with Gasteiger partial charge in [-0.2, -0.15) is 14.4 Å². The van der Waals surface area contributed by atoms with Crippen molar-refractivity contribution in [2.45, 2.75) is 32.1 Å². The van der Waals surface area contributed by atoms with Crippen LogP contribution in [0.5, 0.6) is 0 Å². The first-order chi connectivity index (χ1) is 9.10. The highest BCUT2D eigenvalue weighted by atomic mass is 19.1. The normalized spacial score (nSPS) is 23.3. The number of nitrogens with two attached hydrogens (primary N) is 1. The van der Waals surface area contributed by atoms with E-state index < -0.39 is 6.08 Å². The molecule has 2 aromatic heterocycles. The first kappa shape index (κ1) is 12.2. The summed E-state index contributed by atoms with van der Waals surface area (Å²) >= 11 is 0. The van der Waals surface area contributed by atoms with Gasteiger partial charge >= 0.3 is 6.08 Å². The van der Waals surface area contributed by atoms with Gasteiger partial charge in [0.25, 0.3) is 0 Å². The Morgan fingerprint density at radius 2 is 2.21 bits per heavy atom. The van der Waals surface area contributed by atoms with Gasteiger partial charge in [-0.3, -0.25) is 4.57 Å². The van der Waals surface area contributed by atoms with Gasteiger partial charge in [0.05, 0.1) is 12.7 Å². The van der Waals surface area contributed by atoms with Crippen molar-refractivity contribution in [1.29, 1.82) is 0 Å². The van der Waals surface area contributed by atoms with Crippen LogP contribution in [0.3, 0.4) is 0 Å². The van der Waals surface area contributed by atoms with Crippen LogP contribution in [0.2, 0.25) is 0 Å². The van der Waals surface area contributed by atoms with Gasteiger partial charge in [0.15, 0.2) is 17.0 Å². The maximum atomic E-state index is 13.3. The third-order valence-electron chi connectivity index (χ3n) is 3.29. The van der Waals surface area contributed by atoms with Crippen molar-refractivity contribution in [3.63, 3.8) is 0 Å². The zero-order valence-electron chi connectivity index (χ0n) is 10.4. The Labute approximate surface area is 108 Å². The second kappa shape index (κ2) is 4.39. The number of aliphatic hydroxyl groups excluding tert-OH is 1. The second-order valence-electron chi connectivity index (χ2n) is 4.55. The van der Waals surface area contributed by atoms with Gasteiger partial charge in [0.2, 0.25) is 0 Å². The van der Waals surface area contributed by atoms with Gasteiger partial charge in [0, 0.05) is 0 Å². The molecule has 1 saturated heterocycles. The van der Waals surface area contributed by atoms with Gasteiger partial charge in [-0.25, -0.2) is 4.98 Å². The number of imidazole rings is 1. The Kier molecular flexibility index (Phi) is 2.83. The summed E-state index contributed by atoms with van der Waals surface area (Å²) in [5.74, 6) is 0.645. The van der Waals surface area contributed by atoms with Crippen LogP contribution in [0.25, 0.3) is 11.2 Å². The maximum absolute atomic E-state index is 13.3. The molecule has 19 heavy (non-hydrogen) atoms. The van der Waals surface area contributed by atoms with Crippen LogP contribution in [0, 0.1) is 13.0 Å². The minimum atomic E-state index is -0.886. The molecule has 1 fully saturated rings. The summed E-state index contributed by atoms with van der Waals surface area (Å²) in [5, 5.41) is 9.10. The molecular weight excluding hydrogens is 253 g/mol. The number of hydrogen-bond acceptors (Lipinski definition) is 6. The fourth-order valence-electron chi connectivity index (χ4n) is 2.43. The summed E-state index contributed by atoms with van der Waals surface area (Å²) in [6.45, 7) is 1.74. The molecule has 8 heteroatoms. The van der Waals surface area contributed by atoms with Gasteiger partial charge in [0.1, 0.15) is 12.1 Å². The lowest BCUT2D eigenvalue weighted by Crippen LogP contribution is -2.15. The van der Waals surface area contributed by atoms with E-state index in [1.807, 2.05) is 0 Å². The Balaban J connectivity index is 2.11. The minimum Gasteiger partial charge on any atom is -0.394 e. The van der Waals surface area contributed by atoms with E-state index in [4.69, 9.17) is 15.6 Å². The van der Waals surface area contributed by atoms with Crippen molar-refractivity contribution in [1.82, 2.24) is 19.5 Å². The molecule has 0 radical (unpaired) electrons. The molecule has 3 rings (SSSR count). The van der Waals surface area contributed by atoms with E-state index in [-0.39, 0.29) is 24.8 Å². The zero-order chi connectivity index (χ0) is 13.6. The standard InChI is InChI=1S/C11H14FN5O2/c1-5-14-8-9(13)15-11(12)16-10(8)17(5)7-3-2-6(4-18)19-7/h6-7,18H,2-4H2,1H3,(H2,13,15,16)/t6-,7-/m1/s1. The summed E-state index contributed by atoms with van der Waals surface area (Å²) in [4.78, 5) is 11.5. The average Bonchev–Trinajstić information content (AvgIpc) is 2.93. The number of aliphatic hydroxyl groups is 1. The number of nitrogens with zero attached hydrogens (tertiary/aromatic N) is 4. The number of halogens is 1. The average molecular weight is 267 g/mol. The molecule has 0 spiro atoms. The fraction of sp³-hybridized carbons (Fsp3) is 0.545. The van der Waals surface area contributed by atoms with Crippen molar-refractivity contribution < 1.29 is 14.2 Å². The first-order valence-electron chi connectivity index (χ1n) is 6.04. The number of rotatable bonds is 2. The summed E-state index contributed by atoms with van der Waals surface area (Å²) < 4.78 is 20.7. The molecule has 3 N–H and O–H groups in total. The van der Waals surface area contributed by atoms with E-state index in [1.54, 1.807) is 11.5 Å². The summed E-state index contributed by atoms with van der Waals surface area (Å²) in [6.07, 6.45) is 0.0522. The van der Waals surface area contributed by atoms with E-state index >= 15 is 0 Å². The highest BCUT2D eigenvalue weighted by molar-refractivity contribution is 5.81. The summed E-state index contributed by atoms with van der Waals surface area (Å²) in [6, 6.07) is 0. The topological polar surface area (TPSA) is 99.1 Å². The van der Waals surface area contributed by atoms with Crippen molar-refractivity contribution in [3.8, 4) is 0 Å². The quantitative estimate of drug-likeness (QED) is 0.770. The molecule has 0 aromatic carbocycles. The van der Waals surface area contributed by atoms with E-state index in [0.29, 0.717) is 23.4 Å².